The average Bonchev–Trinajstić information content (AvgIpc) is 2.48. The molecular weight excluding hydrogens is 194 g/mol. The second-order valence-corrected chi connectivity index (χ2v) is 3.92. The van der Waals surface area contributed by atoms with Gasteiger partial charge in [-0.25, -0.2) is 0 Å². The van der Waals surface area contributed by atoms with Gasteiger partial charge in [0, 0.05) is 10.9 Å². The van der Waals surface area contributed by atoms with Gasteiger partial charge in [0.1, 0.15) is 0 Å². The highest BCUT2D eigenvalue weighted by atomic mass is 32.1. The molecule has 1 heterocycles. The van der Waals surface area contributed by atoms with Gasteiger partial charge in [-0.15, -0.1) is 0 Å². The van der Waals surface area contributed by atoms with Crippen LogP contribution in [0, 0.1) is 10.1 Å². The van der Waals surface area contributed by atoms with Crippen molar-refractivity contribution < 1.29 is 4.92 Å². The average molecular weight is 203 g/mol. The first-order chi connectivity index (χ1) is 5.74. The second-order valence-electron chi connectivity index (χ2n) is 2.32. The summed E-state index contributed by atoms with van der Waals surface area (Å²) in [6, 6.07) is 3.37. The molecule has 5 heteroatoms. The zero-order valence-electron chi connectivity index (χ0n) is 6.40. The first-order valence-electron chi connectivity index (χ1n) is 3.58. The summed E-state index contributed by atoms with van der Waals surface area (Å²) in [6.45, 7) is 0. The van der Waals surface area contributed by atoms with Crippen LogP contribution in [0.5, 0.6) is 0 Å². The Bertz CT molecular complexity index is 272. The summed E-state index contributed by atoms with van der Waals surface area (Å²) in [5.41, 5.74) is 0. The minimum absolute atomic E-state index is 0.226. The standard InChI is InChI=1S/C7H9NO2S2/c9-8(10)7-4-3-6(12-7)2-1-5-11/h3-4,11H,1-2,5H2. The Hall–Kier alpha value is -0.550. The van der Waals surface area contributed by atoms with Gasteiger partial charge in [0.2, 0.25) is 0 Å². The van der Waals surface area contributed by atoms with Crippen LogP contribution in [-0.4, -0.2) is 10.7 Å². The lowest BCUT2D eigenvalue weighted by molar-refractivity contribution is -0.380. The van der Waals surface area contributed by atoms with E-state index in [-0.39, 0.29) is 9.92 Å². The van der Waals surface area contributed by atoms with E-state index in [0.717, 1.165) is 23.5 Å². The quantitative estimate of drug-likeness (QED) is 0.464. The van der Waals surface area contributed by atoms with Gasteiger partial charge in [0.25, 0.3) is 0 Å². The maximum Gasteiger partial charge on any atom is 0.324 e. The van der Waals surface area contributed by atoms with Crippen molar-refractivity contribution in [3.05, 3.63) is 27.1 Å². The SMILES string of the molecule is O=[N+]([O-])c1ccc(CCCS)s1. The summed E-state index contributed by atoms with van der Waals surface area (Å²) < 4.78 is 0. The van der Waals surface area contributed by atoms with Crippen molar-refractivity contribution in [3.8, 4) is 0 Å². The van der Waals surface area contributed by atoms with E-state index in [1.54, 1.807) is 6.07 Å². The molecule has 0 radical (unpaired) electrons. The smallest absolute Gasteiger partial charge is 0.258 e. The Labute approximate surface area is 80.0 Å². The van der Waals surface area contributed by atoms with Gasteiger partial charge in [0.15, 0.2) is 0 Å². The summed E-state index contributed by atoms with van der Waals surface area (Å²) in [5.74, 6) is 0.825. The molecule has 0 amide bonds. The number of nitrogens with zero attached hydrogens (tertiary/aromatic N) is 1. The molecule has 0 saturated carbocycles. The molecule has 0 bridgehead atoms. The van der Waals surface area contributed by atoms with E-state index in [4.69, 9.17) is 0 Å². The number of nitro groups is 1. The zero-order chi connectivity index (χ0) is 8.97. The lowest BCUT2D eigenvalue weighted by atomic mass is 10.3. The van der Waals surface area contributed by atoms with Gasteiger partial charge in [-0.05, 0) is 24.7 Å². The van der Waals surface area contributed by atoms with Gasteiger partial charge in [-0.2, -0.15) is 12.6 Å². The molecule has 0 fully saturated rings. The number of aryl methyl sites for hydroxylation is 1. The van der Waals surface area contributed by atoms with Crippen molar-refractivity contribution in [1.82, 2.24) is 0 Å². The highest BCUT2D eigenvalue weighted by molar-refractivity contribution is 7.80. The van der Waals surface area contributed by atoms with Crippen LogP contribution in [0.2, 0.25) is 0 Å². The fraction of sp³-hybridized carbons (Fsp3) is 0.429. The van der Waals surface area contributed by atoms with E-state index in [1.165, 1.54) is 11.3 Å². The molecule has 1 aromatic rings. The van der Waals surface area contributed by atoms with Crippen molar-refractivity contribution in [2.75, 3.05) is 5.75 Å². The molecule has 1 rings (SSSR count). The van der Waals surface area contributed by atoms with Crippen LogP contribution in [0.25, 0.3) is 0 Å². The third kappa shape index (κ3) is 2.49. The lowest BCUT2D eigenvalue weighted by Crippen LogP contribution is -1.81. The summed E-state index contributed by atoms with van der Waals surface area (Å²) in [4.78, 5) is 11.0. The summed E-state index contributed by atoms with van der Waals surface area (Å²) in [6.07, 6.45) is 1.86. The van der Waals surface area contributed by atoms with Gasteiger partial charge >= 0.3 is 5.00 Å². The Balaban J connectivity index is 2.58. The van der Waals surface area contributed by atoms with E-state index >= 15 is 0 Å². The highest BCUT2D eigenvalue weighted by Crippen LogP contribution is 2.24. The largest absolute Gasteiger partial charge is 0.324 e. The Kier molecular flexibility index (Phi) is 3.55. The fourth-order valence-electron chi connectivity index (χ4n) is 0.852. The lowest BCUT2D eigenvalue weighted by Gasteiger charge is -1.90. The van der Waals surface area contributed by atoms with Crippen LogP contribution in [0.4, 0.5) is 5.00 Å². The number of hydrogen-bond acceptors (Lipinski definition) is 4. The van der Waals surface area contributed by atoms with Crippen LogP contribution in [0.3, 0.4) is 0 Å². The van der Waals surface area contributed by atoms with Crippen LogP contribution in [0.1, 0.15) is 11.3 Å². The van der Waals surface area contributed by atoms with Gasteiger partial charge in [-0.3, -0.25) is 10.1 Å². The van der Waals surface area contributed by atoms with Crippen LogP contribution < -0.4 is 0 Å². The minimum Gasteiger partial charge on any atom is -0.258 e. The molecular formula is C7H9NO2S2. The summed E-state index contributed by atoms with van der Waals surface area (Å²) in [5, 5.41) is 10.5. The molecule has 3 nitrogen and oxygen atoms in total. The van der Waals surface area contributed by atoms with Gasteiger partial charge in [0.05, 0.1) is 4.92 Å². The minimum atomic E-state index is -0.352. The summed E-state index contributed by atoms with van der Waals surface area (Å²) in [7, 11) is 0. The molecule has 0 aliphatic heterocycles. The molecule has 0 saturated heterocycles. The Morgan fingerprint density at radius 2 is 2.33 bits per heavy atom. The van der Waals surface area contributed by atoms with E-state index < -0.39 is 0 Å². The van der Waals surface area contributed by atoms with Crippen molar-refractivity contribution >= 4 is 29.0 Å². The van der Waals surface area contributed by atoms with Crippen LogP contribution >= 0.6 is 24.0 Å². The Morgan fingerprint density at radius 3 is 2.83 bits per heavy atom. The Morgan fingerprint density at radius 1 is 1.58 bits per heavy atom. The topological polar surface area (TPSA) is 43.1 Å². The second kappa shape index (κ2) is 4.47. The number of thiophene rings is 1. The molecule has 0 aliphatic rings. The van der Waals surface area contributed by atoms with Crippen molar-refractivity contribution in [2.24, 2.45) is 0 Å². The molecule has 0 unspecified atom stereocenters. The third-order valence-electron chi connectivity index (χ3n) is 1.41. The predicted octanol–water partition coefficient (Wildman–Crippen LogP) is 2.52. The van der Waals surface area contributed by atoms with Crippen molar-refractivity contribution in [3.63, 3.8) is 0 Å². The van der Waals surface area contributed by atoms with E-state index in [2.05, 4.69) is 12.6 Å². The first kappa shape index (κ1) is 9.54. The van der Waals surface area contributed by atoms with E-state index in [1.807, 2.05) is 6.07 Å². The molecule has 1 aromatic heterocycles. The van der Waals surface area contributed by atoms with E-state index in [0.29, 0.717) is 0 Å². The molecule has 0 atom stereocenters. The summed E-state index contributed by atoms with van der Waals surface area (Å²) >= 11 is 5.32. The van der Waals surface area contributed by atoms with Crippen molar-refractivity contribution in [2.45, 2.75) is 12.8 Å². The fourth-order valence-corrected chi connectivity index (χ4v) is 1.87. The normalized spacial score (nSPS) is 10.1. The highest BCUT2D eigenvalue weighted by Gasteiger charge is 2.08. The monoisotopic (exact) mass is 203 g/mol. The molecule has 0 aliphatic carbocycles. The first-order valence-corrected chi connectivity index (χ1v) is 5.03. The molecule has 12 heavy (non-hydrogen) atoms. The number of thiol groups is 1. The van der Waals surface area contributed by atoms with E-state index in [9.17, 15) is 10.1 Å². The molecule has 66 valence electrons. The maximum absolute atomic E-state index is 10.3. The van der Waals surface area contributed by atoms with Crippen LogP contribution in [-0.2, 0) is 6.42 Å². The van der Waals surface area contributed by atoms with Crippen molar-refractivity contribution in [1.29, 1.82) is 0 Å². The van der Waals surface area contributed by atoms with Gasteiger partial charge in [-0.1, -0.05) is 11.3 Å². The maximum atomic E-state index is 10.3. The molecule has 0 aromatic carbocycles. The number of rotatable bonds is 4. The third-order valence-corrected chi connectivity index (χ3v) is 2.82. The van der Waals surface area contributed by atoms with Crippen LogP contribution in [0.15, 0.2) is 12.1 Å². The number of hydrogen-bond donors (Lipinski definition) is 1. The molecule has 0 N–H and O–H groups in total. The molecule has 0 spiro atoms. The zero-order valence-corrected chi connectivity index (χ0v) is 8.11. The predicted molar refractivity (Wildman–Crippen MR) is 53.1 cm³/mol. The van der Waals surface area contributed by atoms with Gasteiger partial charge < -0.3 is 0 Å².